The second-order valence-electron chi connectivity index (χ2n) is 5.33. The molecule has 0 aromatic rings. The van der Waals surface area contributed by atoms with Gasteiger partial charge in [-0.25, -0.2) is 0 Å². The molecule has 2 fully saturated rings. The molecular formula is C13H24. The highest BCUT2D eigenvalue weighted by Gasteiger charge is 2.40. The Morgan fingerprint density at radius 1 is 0.385 bits per heavy atom. The molecule has 0 atom stereocenters. The molecule has 1 spiro atoms. The highest BCUT2D eigenvalue weighted by molar-refractivity contribution is 4.92. The van der Waals surface area contributed by atoms with Gasteiger partial charge >= 0.3 is 0 Å². The van der Waals surface area contributed by atoms with Gasteiger partial charge in [0.15, 0.2) is 0 Å². The Kier molecular flexibility index (Phi) is 3.29. The molecule has 0 heteroatoms. The van der Waals surface area contributed by atoms with Crippen molar-refractivity contribution in [3.63, 3.8) is 0 Å². The minimum absolute atomic E-state index is 0.879. The maximum atomic E-state index is 1.56. The van der Waals surface area contributed by atoms with Crippen LogP contribution in [-0.4, -0.2) is 0 Å². The topological polar surface area (TPSA) is 0 Å². The van der Waals surface area contributed by atoms with E-state index in [1.807, 2.05) is 0 Å². The third-order valence-corrected chi connectivity index (χ3v) is 4.12. The second kappa shape index (κ2) is 4.48. The second-order valence-corrected chi connectivity index (χ2v) is 5.33. The van der Waals surface area contributed by atoms with E-state index < -0.39 is 0 Å². The van der Waals surface area contributed by atoms with E-state index in [1.54, 1.807) is 25.7 Å². The van der Waals surface area contributed by atoms with Crippen LogP contribution in [-0.2, 0) is 0 Å². The van der Waals surface area contributed by atoms with Crippen LogP contribution >= 0.6 is 0 Å². The van der Waals surface area contributed by atoms with Crippen LogP contribution in [0.1, 0.15) is 77.0 Å². The first-order chi connectivity index (χ1) is 6.41. The summed E-state index contributed by atoms with van der Waals surface area (Å²) in [6, 6.07) is 0. The molecule has 0 amide bonds. The lowest BCUT2D eigenvalue weighted by molar-refractivity contribution is 0.393. The zero-order chi connectivity index (χ0) is 8.99. The molecule has 0 nitrogen and oxygen atoms in total. The largest absolute Gasteiger partial charge is 0.0533 e. The molecule has 2 aliphatic rings. The Morgan fingerprint density at radius 2 is 0.769 bits per heavy atom. The first-order valence-corrected chi connectivity index (χ1v) is 6.41. The molecule has 2 aliphatic carbocycles. The third-order valence-electron chi connectivity index (χ3n) is 4.12. The van der Waals surface area contributed by atoms with Crippen LogP contribution in [0.4, 0.5) is 0 Å². The molecular weight excluding hydrogens is 156 g/mol. The summed E-state index contributed by atoms with van der Waals surface area (Å²) in [6.45, 7) is 0. The van der Waals surface area contributed by atoms with Crippen LogP contribution in [0.2, 0.25) is 0 Å². The van der Waals surface area contributed by atoms with Crippen molar-refractivity contribution in [3.05, 3.63) is 0 Å². The van der Waals surface area contributed by atoms with E-state index in [2.05, 4.69) is 0 Å². The van der Waals surface area contributed by atoms with E-state index in [0.717, 1.165) is 5.41 Å². The first-order valence-electron chi connectivity index (χ1n) is 6.41. The van der Waals surface area contributed by atoms with Crippen LogP contribution in [0.5, 0.6) is 0 Å². The fourth-order valence-electron chi connectivity index (χ4n) is 2.86. The van der Waals surface area contributed by atoms with E-state index in [4.69, 9.17) is 0 Å². The van der Waals surface area contributed by atoms with Gasteiger partial charge in [0.25, 0.3) is 0 Å². The van der Waals surface area contributed by atoms with Crippen molar-refractivity contribution in [2.24, 2.45) is 5.41 Å². The van der Waals surface area contributed by atoms with Crippen molar-refractivity contribution in [3.8, 4) is 0 Å². The summed E-state index contributed by atoms with van der Waals surface area (Å²) < 4.78 is 0. The standard InChI is InChI=1S/C13H24/c1-2-4-6-8-10-13(11-12-13)9-7-5-3-1/h1-12H2. The van der Waals surface area contributed by atoms with Crippen LogP contribution in [0.3, 0.4) is 0 Å². The van der Waals surface area contributed by atoms with Gasteiger partial charge in [-0.15, -0.1) is 0 Å². The Labute approximate surface area is 83.1 Å². The van der Waals surface area contributed by atoms with Crippen molar-refractivity contribution in [2.45, 2.75) is 77.0 Å². The average molecular weight is 180 g/mol. The Bertz CT molecular complexity index is 130. The maximum absolute atomic E-state index is 1.56. The van der Waals surface area contributed by atoms with Gasteiger partial charge in [0.05, 0.1) is 0 Å². The minimum Gasteiger partial charge on any atom is -0.0533 e. The van der Waals surface area contributed by atoms with Gasteiger partial charge in [0, 0.05) is 0 Å². The first kappa shape index (κ1) is 9.55. The van der Waals surface area contributed by atoms with Crippen molar-refractivity contribution >= 4 is 0 Å². The summed E-state index contributed by atoms with van der Waals surface area (Å²) >= 11 is 0. The third kappa shape index (κ3) is 3.00. The SMILES string of the molecule is C1CCCCCC2(CCCC1)CC2. The van der Waals surface area contributed by atoms with Crippen molar-refractivity contribution in [1.29, 1.82) is 0 Å². The van der Waals surface area contributed by atoms with E-state index in [9.17, 15) is 0 Å². The molecule has 0 aromatic carbocycles. The van der Waals surface area contributed by atoms with Crippen LogP contribution in [0, 0.1) is 5.41 Å². The quantitative estimate of drug-likeness (QED) is 0.507. The zero-order valence-electron chi connectivity index (χ0n) is 8.99. The lowest BCUT2D eigenvalue weighted by Gasteiger charge is -2.13. The molecule has 0 saturated heterocycles. The van der Waals surface area contributed by atoms with Gasteiger partial charge < -0.3 is 0 Å². The predicted molar refractivity (Wildman–Crippen MR) is 57.8 cm³/mol. The monoisotopic (exact) mass is 180 g/mol. The molecule has 0 radical (unpaired) electrons. The van der Waals surface area contributed by atoms with Crippen molar-refractivity contribution in [1.82, 2.24) is 0 Å². The Hall–Kier alpha value is 0. The Morgan fingerprint density at radius 3 is 1.15 bits per heavy atom. The molecule has 2 saturated carbocycles. The number of hydrogen-bond acceptors (Lipinski definition) is 0. The normalized spacial score (nSPS) is 29.5. The summed E-state index contributed by atoms with van der Waals surface area (Å²) in [5.74, 6) is 0. The minimum atomic E-state index is 0.879. The van der Waals surface area contributed by atoms with Crippen molar-refractivity contribution in [2.75, 3.05) is 0 Å². The van der Waals surface area contributed by atoms with Gasteiger partial charge in [0.2, 0.25) is 0 Å². The van der Waals surface area contributed by atoms with Gasteiger partial charge in [-0.2, -0.15) is 0 Å². The van der Waals surface area contributed by atoms with E-state index >= 15 is 0 Å². The summed E-state index contributed by atoms with van der Waals surface area (Å²) in [6.07, 6.45) is 18.4. The summed E-state index contributed by atoms with van der Waals surface area (Å²) in [7, 11) is 0. The summed E-state index contributed by atoms with van der Waals surface area (Å²) in [5, 5.41) is 0. The van der Waals surface area contributed by atoms with E-state index in [0.29, 0.717) is 0 Å². The van der Waals surface area contributed by atoms with Crippen molar-refractivity contribution < 1.29 is 0 Å². The number of hydrogen-bond donors (Lipinski definition) is 0. The van der Waals surface area contributed by atoms with Crippen LogP contribution in [0.15, 0.2) is 0 Å². The molecule has 0 bridgehead atoms. The lowest BCUT2D eigenvalue weighted by Crippen LogP contribution is -1.99. The van der Waals surface area contributed by atoms with Gasteiger partial charge in [0.1, 0.15) is 0 Å². The van der Waals surface area contributed by atoms with Gasteiger partial charge in [-0.1, -0.05) is 51.4 Å². The van der Waals surface area contributed by atoms with Gasteiger partial charge in [-0.3, -0.25) is 0 Å². The average Bonchev–Trinajstić information content (AvgIpc) is 2.90. The van der Waals surface area contributed by atoms with Crippen LogP contribution < -0.4 is 0 Å². The summed E-state index contributed by atoms with van der Waals surface area (Å²) in [5.41, 5.74) is 0.879. The van der Waals surface area contributed by atoms with E-state index in [1.165, 1.54) is 51.4 Å². The van der Waals surface area contributed by atoms with Crippen LogP contribution in [0.25, 0.3) is 0 Å². The molecule has 0 aliphatic heterocycles. The molecule has 13 heavy (non-hydrogen) atoms. The lowest BCUT2D eigenvalue weighted by atomic mass is 9.92. The zero-order valence-corrected chi connectivity index (χ0v) is 8.99. The molecule has 0 aromatic heterocycles. The maximum Gasteiger partial charge on any atom is -0.0297 e. The Balaban J connectivity index is 1.75. The summed E-state index contributed by atoms with van der Waals surface area (Å²) in [4.78, 5) is 0. The molecule has 0 unspecified atom stereocenters. The molecule has 2 rings (SSSR count). The van der Waals surface area contributed by atoms with Gasteiger partial charge in [-0.05, 0) is 31.1 Å². The smallest absolute Gasteiger partial charge is 0.0297 e. The van der Waals surface area contributed by atoms with E-state index in [-0.39, 0.29) is 0 Å². The molecule has 76 valence electrons. The molecule has 0 N–H and O–H groups in total. The highest BCUT2D eigenvalue weighted by atomic mass is 14.5. The highest BCUT2D eigenvalue weighted by Crippen LogP contribution is 2.54. The predicted octanol–water partition coefficient (Wildman–Crippen LogP) is 4.68. The number of rotatable bonds is 0. The fraction of sp³-hybridized carbons (Fsp3) is 1.00. The molecule has 0 heterocycles. The fourth-order valence-corrected chi connectivity index (χ4v) is 2.86.